The fourth-order valence-corrected chi connectivity index (χ4v) is 2.72. The predicted octanol–water partition coefficient (Wildman–Crippen LogP) is 3.48. The maximum Gasteiger partial charge on any atom is 0.255 e. The van der Waals surface area contributed by atoms with Gasteiger partial charge < -0.3 is 10.2 Å². The molecule has 130 valence electrons. The Kier molecular flexibility index (Phi) is 4.74. The lowest BCUT2D eigenvalue weighted by molar-refractivity contribution is -0.128. The Labute approximate surface area is 142 Å². The van der Waals surface area contributed by atoms with Crippen molar-refractivity contribution in [2.24, 2.45) is 0 Å². The summed E-state index contributed by atoms with van der Waals surface area (Å²) in [5, 5.41) is 2.22. The molecule has 1 N–H and O–H groups in total. The molecule has 0 spiro atoms. The van der Waals surface area contributed by atoms with Gasteiger partial charge in [0, 0.05) is 25.1 Å². The molecule has 7 heteroatoms. The van der Waals surface area contributed by atoms with Crippen molar-refractivity contribution < 1.29 is 22.8 Å². The standard InChI is InChI=1S/C18H15F3N2O2/c19-13-6-7-14(17(21)16(13)20)22-18(25)12-4-1-3-11(9-12)10-23-8-2-5-15(23)24/h1,3-4,6-7,9H,2,5,8,10H2,(H,22,25). The molecule has 4 nitrogen and oxygen atoms in total. The minimum atomic E-state index is -1.64. The van der Waals surface area contributed by atoms with Crippen LogP contribution < -0.4 is 5.32 Å². The second-order valence-corrected chi connectivity index (χ2v) is 5.80. The van der Waals surface area contributed by atoms with Gasteiger partial charge in [0.25, 0.3) is 5.91 Å². The minimum Gasteiger partial charge on any atom is -0.338 e. The number of rotatable bonds is 4. The zero-order valence-corrected chi connectivity index (χ0v) is 13.2. The fourth-order valence-electron chi connectivity index (χ4n) is 2.72. The number of nitrogens with zero attached hydrogens (tertiary/aromatic N) is 1. The first-order valence-corrected chi connectivity index (χ1v) is 7.77. The molecule has 0 saturated carbocycles. The molecule has 25 heavy (non-hydrogen) atoms. The fraction of sp³-hybridized carbons (Fsp3) is 0.222. The Hall–Kier alpha value is -2.83. The van der Waals surface area contributed by atoms with Gasteiger partial charge >= 0.3 is 0 Å². The van der Waals surface area contributed by atoms with Crippen molar-refractivity contribution in [1.29, 1.82) is 0 Å². The maximum atomic E-state index is 13.7. The number of likely N-dealkylation sites (tertiary alicyclic amines) is 1. The summed E-state index contributed by atoms with van der Waals surface area (Å²) in [6, 6.07) is 8.22. The van der Waals surface area contributed by atoms with Crippen LogP contribution in [0.3, 0.4) is 0 Å². The summed E-state index contributed by atoms with van der Waals surface area (Å²) < 4.78 is 39.8. The van der Waals surface area contributed by atoms with Crippen molar-refractivity contribution in [1.82, 2.24) is 4.90 Å². The number of benzene rings is 2. The van der Waals surface area contributed by atoms with E-state index in [-0.39, 0.29) is 11.5 Å². The number of carbonyl (C=O) groups excluding carboxylic acids is 2. The van der Waals surface area contributed by atoms with Gasteiger partial charge in [-0.05, 0) is 36.2 Å². The normalized spacial score (nSPS) is 14.0. The number of hydrogen-bond donors (Lipinski definition) is 1. The molecular formula is C18H15F3N2O2. The molecule has 1 heterocycles. The van der Waals surface area contributed by atoms with Crippen molar-refractivity contribution in [2.75, 3.05) is 11.9 Å². The average molecular weight is 348 g/mol. The van der Waals surface area contributed by atoms with Gasteiger partial charge in [0.1, 0.15) is 0 Å². The lowest BCUT2D eigenvalue weighted by Gasteiger charge is -2.16. The van der Waals surface area contributed by atoms with Crippen LogP contribution in [0, 0.1) is 17.5 Å². The predicted molar refractivity (Wildman–Crippen MR) is 85.4 cm³/mol. The number of hydrogen-bond acceptors (Lipinski definition) is 2. The smallest absolute Gasteiger partial charge is 0.255 e. The number of nitrogens with one attached hydrogen (secondary N) is 1. The third-order valence-electron chi connectivity index (χ3n) is 4.02. The SMILES string of the molecule is O=C(Nc1ccc(F)c(F)c1F)c1cccc(CN2CCCC2=O)c1. The highest BCUT2D eigenvalue weighted by Gasteiger charge is 2.20. The molecule has 1 fully saturated rings. The number of halogens is 3. The van der Waals surface area contributed by atoms with Gasteiger partial charge in [-0.25, -0.2) is 13.2 Å². The second-order valence-electron chi connectivity index (χ2n) is 5.80. The summed E-state index contributed by atoms with van der Waals surface area (Å²) in [6.45, 7) is 1.06. The van der Waals surface area contributed by atoms with E-state index >= 15 is 0 Å². The third-order valence-corrected chi connectivity index (χ3v) is 4.02. The van der Waals surface area contributed by atoms with Gasteiger partial charge in [-0.3, -0.25) is 9.59 Å². The summed E-state index contributed by atoms with van der Waals surface area (Å²) in [5.74, 6) is -5.00. The van der Waals surface area contributed by atoms with Crippen LogP contribution in [-0.2, 0) is 11.3 Å². The van der Waals surface area contributed by atoms with Crippen molar-refractivity contribution in [3.8, 4) is 0 Å². The largest absolute Gasteiger partial charge is 0.338 e. The van der Waals surface area contributed by atoms with Crippen molar-refractivity contribution >= 4 is 17.5 Å². The Morgan fingerprint density at radius 2 is 1.92 bits per heavy atom. The third kappa shape index (κ3) is 3.65. The Morgan fingerprint density at radius 3 is 2.64 bits per heavy atom. The number of amides is 2. The molecule has 1 aliphatic heterocycles. The molecule has 1 saturated heterocycles. The van der Waals surface area contributed by atoms with Crippen molar-refractivity contribution in [2.45, 2.75) is 19.4 Å². The van der Waals surface area contributed by atoms with Crippen LogP contribution in [0.1, 0.15) is 28.8 Å². The average Bonchev–Trinajstić information content (AvgIpc) is 3.00. The molecule has 3 rings (SSSR count). The van der Waals surface area contributed by atoms with Crippen LogP contribution in [0.4, 0.5) is 18.9 Å². The Bertz CT molecular complexity index is 839. The van der Waals surface area contributed by atoms with E-state index in [1.807, 2.05) is 0 Å². The summed E-state index contributed by atoms with van der Waals surface area (Å²) in [6.07, 6.45) is 1.34. The molecule has 2 aromatic rings. The van der Waals surface area contributed by atoms with Crippen LogP contribution in [0.25, 0.3) is 0 Å². The van der Waals surface area contributed by atoms with Crippen LogP contribution in [0.5, 0.6) is 0 Å². The van der Waals surface area contributed by atoms with E-state index in [1.54, 1.807) is 23.1 Å². The number of carbonyl (C=O) groups is 2. The van der Waals surface area contributed by atoms with Gasteiger partial charge in [0.2, 0.25) is 5.91 Å². The minimum absolute atomic E-state index is 0.0683. The quantitative estimate of drug-likeness (QED) is 0.860. The molecule has 1 aliphatic rings. The lowest BCUT2D eigenvalue weighted by Crippen LogP contribution is -2.24. The van der Waals surface area contributed by atoms with E-state index in [4.69, 9.17) is 0 Å². The van der Waals surface area contributed by atoms with E-state index in [0.29, 0.717) is 19.5 Å². The van der Waals surface area contributed by atoms with Gasteiger partial charge in [0.15, 0.2) is 17.5 Å². The topological polar surface area (TPSA) is 49.4 Å². The molecular weight excluding hydrogens is 333 g/mol. The molecule has 0 unspecified atom stereocenters. The molecule has 0 aliphatic carbocycles. The highest BCUT2D eigenvalue weighted by atomic mass is 19.2. The maximum absolute atomic E-state index is 13.7. The van der Waals surface area contributed by atoms with Crippen LogP contribution in [0.15, 0.2) is 36.4 Å². The molecule has 2 amide bonds. The monoisotopic (exact) mass is 348 g/mol. The molecule has 0 bridgehead atoms. The van der Waals surface area contributed by atoms with Crippen molar-refractivity contribution in [3.63, 3.8) is 0 Å². The first-order chi connectivity index (χ1) is 12.0. The second kappa shape index (κ2) is 6.96. The first kappa shape index (κ1) is 17.0. The number of anilines is 1. The summed E-state index contributed by atoms with van der Waals surface area (Å²) in [5.41, 5.74) is 0.547. The van der Waals surface area contributed by atoms with Gasteiger partial charge in [-0.2, -0.15) is 0 Å². The molecule has 2 aromatic carbocycles. The zero-order valence-electron chi connectivity index (χ0n) is 13.2. The van der Waals surface area contributed by atoms with E-state index in [9.17, 15) is 22.8 Å². The van der Waals surface area contributed by atoms with Crippen molar-refractivity contribution in [3.05, 3.63) is 65.0 Å². The molecule has 0 aromatic heterocycles. The molecule has 0 radical (unpaired) electrons. The van der Waals surface area contributed by atoms with E-state index in [2.05, 4.69) is 5.32 Å². The van der Waals surface area contributed by atoms with Crippen LogP contribution in [-0.4, -0.2) is 23.3 Å². The highest BCUT2D eigenvalue weighted by molar-refractivity contribution is 6.04. The summed E-state index contributed by atoms with van der Waals surface area (Å²) >= 11 is 0. The molecule has 0 atom stereocenters. The highest BCUT2D eigenvalue weighted by Crippen LogP contribution is 2.21. The van der Waals surface area contributed by atoms with Crippen LogP contribution in [0.2, 0.25) is 0 Å². The summed E-state index contributed by atoms with van der Waals surface area (Å²) in [7, 11) is 0. The van der Waals surface area contributed by atoms with Gasteiger partial charge in [-0.1, -0.05) is 12.1 Å². The Balaban J connectivity index is 1.75. The lowest BCUT2D eigenvalue weighted by atomic mass is 10.1. The van der Waals surface area contributed by atoms with Crippen LogP contribution >= 0.6 is 0 Å². The zero-order chi connectivity index (χ0) is 18.0. The summed E-state index contributed by atoms with van der Waals surface area (Å²) in [4.78, 5) is 25.6. The van der Waals surface area contributed by atoms with Gasteiger partial charge in [0.05, 0.1) is 5.69 Å². The van der Waals surface area contributed by atoms with E-state index < -0.39 is 29.0 Å². The van der Waals surface area contributed by atoms with E-state index in [0.717, 1.165) is 24.1 Å². The first-order valence-electron chi connectivity index (χ1n) is 7.77. The Morgan fingerprint density at radius 1 is 1.12 bits per heavy atom. The van der Waals surface area contributed by atoms with Gasteiger partial charge in [-0.15, -0.1) is 0 Å². The van der Waals surface area contributed by atoms with E-state index in [1.165, 1.54) is 6.07 Å².